The highest BCUT2D eigenvalue weighted by atomic mass is 28.2. The Morgan fingerprint density at radius 1 is 1.18 bits per heavy atom. The van der Waals surface area contributed by atoms with E-state index >= 15 is 0 Å². The number of hydrogen-bond acceptors (Lipinski definition) is 1. The maximum absolute atomic E-state index is 12.4. The van der Waals surface area contributed by atoms with Gasteiger partial charge >= 0.3 is 6.18 Å². The molecule has 0 aliphatic carbocycles. The van der Waals surface area contributed by atoms with Gasteiger partial charge in [0.15, 0.2) is 9.76 Å². The van der Waals surface area contributed by atoms with Crippen LogP contribution >= 0.6 is 0 Å². The second kappa shape index (κ2) is 3.48. The molecule has 0 saturated heterocycles. The second-order valence-electron chi connectivity index (χ2n) is 2.07. The molecule has 0 spiro atoms. The molecule has 0 amide bonds. The third kappa shape index (κ3) is 2.40. The summed E-state index contributed by atoms with van der Waals surface area (Å²) in [6.07, 6.45) is -5.21. The minimum atomic E-state index is -5.21. The predicted molar refractivity (Wildman–Crippen MR) is 31.4 cm³/mol. The van der Waals surface area contributed by atoms with Crippen LogP contribution in [0.15, 0.2) is 0 Å². The first kappa shape index (κ1) is 10.8. The normalized spacial score (nSPS) is 19.1. The van der Waals surface area contributed by atoms with E-state index in [-0.39, 0.29) is 0 Å². The van der Waals surface area contributed by atoms with Gasteiger partial charge in [-0.1, -0.05) is 0 Å². The minimum absolute atomic E-state index is 1.12. The Labute approximate surface area is 62.2 Å². The van der Waals surface area contributed by atoms with Crippen molar-refractivity contribution in [2.45, 2.75) is 17.9 Å². The molecule has 0 radical (unpaired) electrons. The van der Waals surface area contributed by atoms with Crippen molar-refractivity contribution in [2.24, 2.45) is 0 Å². The Morgan fingerprint density at radius 2 is 1.64 bits per heavy atom. The smallest absolute Gasteiger partial charge is 0.424 e. The summed E-state index contributed by atoms with van der Waals surface area (Å²) in [7, 11) is -2.12. The molecule has 0 aromatic rings. The van der Waals surface area contributed by atoms with Crippen molar-refractivity contribution in [2.75, 3.05) is 6.67 Å². The maximum atomic E-state index is 12.4. The van der Waals surface area contributed by atoms with Gasteiger partial charge in [0.25, 0.3) is 0 Å². The summed E-state index contributed by atoms with van der Waals surface area (Å²) in [5.41, 5.74) is -3.83. The molecule has 0 aromatic heterocycles. The monoisotopic (exact) mass is 194 g/mol. The highest BCUT2D eigenvalue weighted by Gasteiger charge is 2.55. The first-order chi connectivity index (χ1) is 4.87. The summed E-state index contributed by atoms with van der Waals surface area (Å²) in [6, 6.07) is -1.12. The third-order valence-electron chi connectivity index (χ3n) is 1.23. The van der Waals surface area contributed by atoms with Crippen LogP contribution in [0, 0.1) is 0 Å². The van der Waals surface area contributed by atoms with Crippen molar-refractivity contribution in [3.05, 3.63) is 0 Å². The van der Waals surface area contributed by atoms with Crippen LogP contribution in [0.5, 0.6) is 0 Å². The van der Waals surface area contributed by atoms with Crippen LogP contribution in [0.4, 0.5) is 22.0 Å². The summed E-state index contributed by atoms with van der Waals surface area (Å²) in [5.74, 6) is 0. The van der Waals surface area contributed by atoms with E-state index in [2.05, 4.69) is 0 Å². The van der Waals surface area contributed by atoms with Gasteiger partial charge in [0.1, 0.15) is 6.67 Å². The molecule has 0 rings (SSSR count). The lowest BCUT2D eigenvalue weighted by molar-refractivity contribution is -0.227. The van der Waals surface area contributed by atoms with Crippen LogP contribution in [0.25, 0.3) is 0 Å². The van der Waals surface area contributed by atoms with E-state index in [4.69, 9.17) is 4.80 Å². The molecule has 1 N–H and O–H groups in total. The summed E-state index contributed by atoms with van der Waals surface area (Å²) in [4.78, 5) is 8.13. The fourth-order valence-corrected chi connectivity index (χ4v) is 1.23. The maximum Gasteiger partial charge on any atom is 0.424 e. The van der Waals surface area contributed by atoms with Crippen molar-refractivity contribution < 1.29 is 26.7 Å². The molecule has 0 aliphatic heterocycles. The lowest BCUT2D eigenvalue weighted by Crippen LogP contribution is -2.43. The zero-order valence-electron chi connectivity index (χ0n) is 5.46. The topological polar surface area (TPSA) is 20.2 Å². The van der Waals surface area contributed by atoms with Gasteiger partial charge in [-0.15, -0.1) is 0 Å². The molecule has 1 nitrogen and oxygen atoms in total. The lowest BCUT2D eigenvalue weighted by Gasteiger charge is -2.23. The standard InChI is InChI=1S/C4H7F5OSi/c5-1-3(6,2-11-10)4(7,8)9/h10H,1-2,11H2. The van der Waals surface area contributed by atoms with Crippen LogP contribution in [0.1, 0.15) is 0 Å². The Balaban J connectivity index is 4.33. The molecule has 1 unspecified atom stereocenters. The van der Waals surface area contributed by atoms with Gasteiger partial charge < -0.3 is 4.80 Å². The van der Waals surface area contributed by atoms with Gasteiger partial charge in [-0.25, -0.2) is 8.78 Å². The average Bonchev–Trinajstić information content (AvgIpc) is 1.86. The lowest BCUT2D eigenvalue weighted by atomic mass is 10.1. The summed E-state index contributed by atoms with van der Waals surface area (Å²) in [6.45, 7) is -2.12. The Kier molecular flexibility index (Phi) is 3.43. The van der Waals surface area contributed by atoms with Crippen LogP contribution in [-0.2, 0) is 0 Å². The van der Waals surface area contributed by atoms with E-state index in [9.17, 15) is 22.0 Å². The highest BCUT2D eigenvalue weighted by Crippen LogP contribution is 2.37. The van der Waals surface area contributed by atoms with E-state index in [1.54, 1.807) is 0 Å². The first-order valence-electron chi connectivity index (χ1n) is 2.80. The van der Waals surface area contributed by atoms with Crippen molar-refractivity contribution in [1.29, 1.82) is 0 Å². The van der Waals surface area contributed by atoms with Gasteiger partial charge in [0.2, 0.25) is 5.67 Å². The predicted octanol–water partition coefficient (Wildman–Crippen LogP) is 0.721. The van der Waals surface area contributed by atoms with Gasteiger partial charge in [-0.2, -0.15) is 13.2 Å². The van der Waals surface area contributed by atoms with Crippen LogP contribution in [0.2, 0.25) is 6.04 Å². The molecule has 0 saturated carbocycles. The zero-order chi connectivity index (χ0) is 9.12. The molecular weight excluding hydrogens is 187 g/mol. The van der Waals surface area contributed by atoms with E-state index in [1.807, 2.05) is 0 Å². The van der Waals surface area contributed by atoms with E-state index in [0.29, 0.717) is 0 Å². The van der Waals surface area contributed by atoms with Gasteiger partial charge in [0.05, 0.1) is 0 Å². The number of alkyl halides is 5. The number of hydrogen-bond donors (Lipinski definition) is 1. The van der Waals surface area contributed by atoms with Crippen molar-refractivity contribution in [3.8, 4) is 0 Å². The molecule has 1 atom stereocenters. The van der Waals surface area contributed by atoms with E-state index < -0.39 is 34.3 Å². The van der Waals surface area contributed by atoms with Crippen LogP contribution in [0.3, 0.4) is 0 Å². The summed E-state index contributed by atoms with van der Waals surface area (Å²) in [5, 5.41) is 0. The first-order valence-corrected chi connectivity index (χ1v) is 4.43. The Bertz CT molecular complexity index is 126. The Hall–Kier alpha value is -0.173. The van der Waals surface area contributed by atoms with Crippen LogP contribution < -0.4 is 0 Å². The Morgan fingerprint density at radius 3 is 1.73 bits per heavy atom. The van der Waals surface area contributed by atoms with E-state index in [0.717, 1.165) is 0 Å². The number of rotatable bonds is 3. The van der Waals surface area contributed by atoms with Gasteiger partial charge in [0, 0.05) is 6.04 Å². The largest absolute Gasteiger partial charge is 0.438 e. The molecule has 0 fully saturated rings. The van der Waals surface area contributed by atoms with Crippen molar-refractivity contribution >= 4 is 9.76 Å². The van der Waals surface area contributed by atoms with Crippen molar-refractivity contribution in [3.63, 3.8) is 0 Å². The van der Waals surface area contributed by atoms with Gasteiger partial charge in [-0.3, -0.25) is 0 Å². The van der Waals surface area contributed by atoms with Gasteiger partial charge in [-0.05, 0) is 0 Å². The molecule has 7 heteroatoms. The SMILES string of the molecule is O[SiH2]CC(F)(CF)C(F)(F)F. The third-order valence-corrected chi connectivity index (χ3v) is 2.24. The van der Waals surface area contributed by atoms with Crippen LogP contribution in [-0.4, -0.2) is 33.1 Å². The van der Waals surface area contributed by atoms with Crippen molar-refractivity contribution in [1.82, 2.24) is 0 Å². The highest BCUT2D eigenvalue weighted by molar-refractivity contribution is 6.25. The molecule has 11 heavy (non-hydrogen) atoms. The second-order valence-corrected chi connectivity index (χ2v) is 3.02. The number of halogens is 5. The average molecular weight is 194 g/mol. The molecule has 0 heterocycles. The molecular formula is C4H7F5OSi. The molecule has 68 valence electrons. The quantitative estimate of drug-likeness (QED) is 0.518. The summed E-state index contributed by atoms with van der Waals surface area (Å²) < 4.78 is 58.7. The van der Waals surface area contributed by atoms with E-state index in [1.165, 1.54) is 0 Å². The summed E-state index contributed by atoms with van der Waals surface area (Å²) >= 11 is 0. The molecule has 0 bridgehead atoms. The fraction of sp³-hybridized carbons (Fsp3) is 1.00. The fourth-order valence-electron chi connectivity index (χ4n) is 0.462. The minimum Gasteiger partial charge on any atom is -0.438 e. The molecule has 0 aromatic carbocycles. The zero-order valence-corrected chi connectivity index (χ0v) is 6.87. The molecule has 0 aliphatic rings.